The highest BCUT2D eigenvalue weighted by Gasteiger charge is 2.38. The molecule has 0 aromatic heterocycles. The number of hydrogen-bond acceptors (Lipinski definition) is 6. The number of carbonyl (C=O) groups excluding carboxylic acids is 3. The fraction of sp³-hybridized carbons (Fsp3) is 0.406. The summed E-state index contributed by atoms with van der Waals surface area (Å²) in [6, 6.07) is 15.9. The maximum Gasteiger partial charge on any atom is 0.251 e. The van der Waals surface area contributed by atoms with Crippen molar-refractivity contribution >= 4 is 55.8 Å². The molecule has 2 heterocycles. The minimum absolute atomic E-state index is 0.0379. The number of nitrogens with one attached hydrogen (secondary N) is 2. The fourth-order valence-corrected chi connectivity index (χ4v) is 6.06. The van der Waals surface area contributed by atoms with E-state index >= 15 is 0 Å². The van der Waals surface area contributed by atoms with E-state index in [2.05, 4.69) is 26.6 Å². The molecule has 3 amide bonds. The van der Waals surface area contributed by atoms with Crippen molar-refractivity contribution < 1.29 is 23.9 Å². The van der Waals surface area contributed by atoms with Crippen LogP contribution < -0.4 is 25.2 Å². The summed E-state index contributed by atoms with van der Waals surface area (Å²) in [7, 11) is 3.30. The first-order valence-corrected chi connectivity index (χ1v) is 15.1. The van der Waals surface area contributed by atoms with Gasteiger partial charge in [0.05, 0.1) is 37.6 Å². The Balaban J connectivity index is 1.58. The Hall–Kier alpha value is -3.47. The van der Waals surface area contributed by atoms with Gasteiger partial charge >= 0.3 is 0 Å². The quantitative estimate of drug-likeness (QED) is 0.380. The number of benzene rings is 3. The summed E-state index contributed by atoms with van der Waals surface area (Å²) in [6.07, 6.45) is 2.00. The zero-order valence-electron chi connectivity index (χ0n) is 24.2. The number of carbonyl (C=O) groups is 3. The number of anilines is 2. The minimum Gasteiger partial charge on any atom is -0.496 e. The van der Waals surface area contributed by atoms with Crippen LogP contribution in [0.2, 0.25) is 0 Å². The molecule has 0 bridgehead atoms. The molecule has 1 saturated heterocycles. The van der Waals surface area contributed by atoms with Gasteiger partial charge in [-0.15, -0.1) is 0 Å². The van der Waals surface area contributed by atoms with Crippen LogP contribution in [-0.4, -0.2) is 63.7 Å². The van der Waals surface area contributed by atoms with Gasteiger partial charge in [-0.25, -0.2) is 0 Å². The summed E-state index contributed by atoms with van der Waals surface area (Å²) in [5.74, 6) is 0.182. The van der Waals surface area contributed by atoms with Crippen LogP contribution in [-0.2, 0) is 25.7 Å². The summed E-state index contributed by atoms with van der Waals surface area (Å²) in [5, 5.41) is 7.80. The lowest BCUT2D eigenvalue weighted by Gasteiger charge is -2.28. The molecule has 0 saturated carbocycles. The molecule has 10 heteroatoms. The van der Waals surface area contributed by atoms with Crippen LogP contribution in [0.5, 0.6) is 5.75 Å². The Bertz CT molecular complexity index is 1470. The van der Waals surface area contributed by atoms with Gasteiger partial charge in [-0.2, -0.15) is 0 Å². The number of methoxy groups -OCH3 is 1. The second-order valence-corrected chi connectivity index (χ2v) is 11.8. The summed E-state index contributed by atoms with van der Waals surface area (Å²) in [4.78, 5) is 44.7. The van der Waals surface area contributed by atoms with E-state index in [4.69, 9.17) is 9.47 Å². The highest BCUT2D eigenvalue weighted by Crippen LogP contribution is 2.38. The van der Waals surface area contributed by atoms with Crippen LogP contribution in [0.4, 0.5) is 11.4 Å². The molecule has 3 aromatic carbocycles. The van der Waals surface area contributed by atoms with Crippen LogP contribution in [0.1, 0.15) is 31.7 Å². The van der Waals surface area contributed by atoms with Gasteiger partial charge in [0.1, 0.15) is 11.8 Å². The summed E-state index contributed by atoms with van der Waals surface area (Å²) in [6.45, 7) is 3.25. The number of rotatable bonds is 8. The molecule has 0 radical (unpaired) electrons. The van der Waals surface area contributed by atoms with Crippen LogP contribution in [0, 0.1) is 5.92 Å². The number of fused-ring (bicyclic) bond motifs is 2. The Morgan fingerprint density at radius 2 is 1.83 bits per heavy atom. The van der Waals surface area contributed by atoms with Crippen molar-refractivity contribution in [1.82, 2.24) is 10.6 Å². The van der Waals surface area contributed by atoms with E-state index in [9.17, 15) is 14.4 Å². The first kappa shape index (κ1) is 30.0. The number of nitrogens with zero attached hydrogens (tertiary/aromatic N) is 2. The van der Waals surface area contributed by atoms with Crippen molar-refractivity contribution in [2.24, 2.45) is 5.92 Å². The Morgan fingerprint density at radius 1 is 1.10 bits per heavy atom. The average Bonchev–Trinajstić information content (AvgIpc) is 3.11. The monoisotopic (exact) mass is 636 g/mol. The molecule has 2 aliphatic heterocycles. The molecule has 42 heavy (non-hydrogen) atoms. The van der Waals surface area contributed by atoms with Crippen molar-refractivity contribution in [2.75, 3.05) is 43.7 Å². The first-order chi connectivity index (χ1) is 20.3. The highest BCUT2D eigenvalue weighted by atomic mass is 79.9. The average molecular weight is 638 g/mol. The van der Waals surface area contributed by atoms with Gasteiger partial charge in [-0.3, -0.25) is 14.4 Å². The summed E-state index contributed by atoms with van der Waals surface area (Å²) in [5.41, 5.74) is 2.09. The minimum atomic E-state index is -0.950. The van der Waals surface area contributed by atoms with Crippen LogP contribution >= 0.6 is 15.9 Å². The predicted molar refractivity (Wildman–Crippen MR) is 167 cm³/mol. The van der Waals surface area contributed by atoms with E-state index in [1.807, 2.05) is 54.6 Å². The molecule has 2 aliphatic rings. The molecule has 3 aromatic rings. The van der Waals surface area contributed by atoms with Crippen molar-refractivity contribution in [3.05, 3.63) is 64.6 Å². The molecular weight excluding hydrogens is 600 g/mol. The molecule has 9 nitrogen and oxygen atoms in total. The molecule has 2 atom stereocenters. The lowest BCUT2D eigenvalue weighted by atomic mass is 9.95. The van der Waals surface area contributed by atoms with E-state index in [1.54, 1.807) is 30.9 Å². The number of likely N-dealkylation sites (N-methyl/N-ethyl adjacent to an activating group) is 1. The number of para-hydroxylation sites is 2. The zero-order chi connectivity index (χ0) is 29.8. The Labute approximate surface area is 254 Å². The highest BCUT2D eigenvalue weighted by molar-refractivity contribution is 9.10. The van der Waals surface area contributed by atoms with Gasteiger partial charge in [0.2, 0.25) is 11.8 Å². The van der Waals surface area contributed by atoms with E-state index in [-0.39, 0.29) is 36.7 Å². The van der Waals surface area contributed by atoms with Crippen LogP contribution in [0.3, 0.4) is 0 Å². The van der Waals surface area contributed by atoms with Crippen molar-refractivity contribution in [2.45, 2.75) is 44.8 Å². The van der Waals surface area contributed by atoms with Gasteiger partial charge in [-0.1, -0.05) is 40.2 Å². The second kappa shape index (κ2) is 13.2. The standard InChI is InChI=1S/C32H37BrN4O5/c1-20(34-2)31(39)35-26-19-36(30(38)16-21-12-14-42-15-13-21)27-6-4-5-7-28(27)37(32(26)40)18-25-24-10-9-23(33)17-22(24)8-11-29(25)41-3/h4-11,17,20-21,26,34H,12-16,18-19H2,1-3H3,(H,35,39). The summed E-state index contributed by atoms with van der Waals surface area (Å²) >= 11 is 3.55. The van der Waals surface area contributed by atoms with Crippen molar-refractivity contribution in [3.63, 3.8) is 0 Å². The topological polar surface area (TPSA) is 100 Å². The summed E-state index contributed by atoms with van der Waals surface area (Å²) < 4.78 is 12.2. The molecule has 0 aliphatic carbocycles. The van der Waals surface area contributed by atoms with E-state index in [1.165, 1.54) is 0 Å². The molecule has 222 valence electrons. The largest absolute Gasteiger partial charge is 0.496 e. The lowest BCUT2D eigenvalue weighted by molar-refractivity contribution is -0.128. The number of halogens is 1. The van der Waals surface area contributed by atoms with Gasteiger partial charge in [0.25, 0.3) is 5.91 Å². The SMILES string of the molecule is CNC(C)C(=O)NC1CN(C(=O)CC2CCOCC2)c2ccccc2N(Cc2c(OC)ccc3cc(Br)ccc23)C1=O. The third-order valence-corrected chi connectivity index (χ3v) is 8.72. The van der Waals surface area contributed by atoms with Crippen LogP contribution in [0.15, 0.2) is 59.1 Å². The molecule has 2 unspecified atom stereocenters. The van der Waals surface area contributed by atoms with E-state index in [0.29, 0.717) is 36.8 Å². The molecule has 5 rings (SSSR count). The van der Waals surface area contributed by atoms with Gasteiger partial charge in [-0.05, 0) is 73.8 Å². The van der Waals surface area contributed by atoms with E-state index in [0.717, 1.165) is 33.7 Å². The van der Waals surface area contributed by atoms with Gasteiger partial charge < -0.3 is 29.9 Å². The molecular formula is C32H37BrN4O5. The third kappa shape index (κ3) is 6.30. The zero-order valence-corrected chi connectivity index (χ0v) is 25.8. The fourth-order valence-electron chi connectivity index (χ4n) is 5.69. The molecule has 1 fully saturated rings. The van der Waals surface area contributed by atoms with Gasteiger partial charge in [0.15, 0.2) is 0 Å². The normalized spacial score (nSPS) is 18.4. The lowest BCUT2D eigenvalue weighted by Crippen LogP contribution is -2.55. The second-order valence-electron chi connectivity index (χ2n) is 10.9. The van der Waals surface area contributed by atoms with Gasteiger partial charge in [0, 0.05) is 29.7 Å². The van der Waals surface area contributed by atoms with Crippen molar-refractivity contribution in [1.29, 1.82) is 0 Å². The van der Waals surface area contributed by atoms with E-state index < -0.39 is 12.1 Å². The molecule has 0 spiro atoms. The molecule has 2 N–H and O–H groups in total. The predicted octanol–water partition coefficient (Wildman–Crippen LogP) is 4.40. The van der Waals surface area contributed by atoms with Crippen LogP contribution in [0.25, 0.3) is 10.8 Å². The van der Waals surface area contributed by atoms with Crippen molar-refractivity contribution in [3.8, 4) is 5.75 Å². The smallest absolute Gasteiger partial charge is 0.251 e. The number of amides is 3. The first-order valence-electron chi connectivity index (χ1n) is 14.3. The number of ether oxygens (including phenoxy) is 2. The number of hydrogen-bond donors (Lipinski definition) is 2. The third-order valence-electron chi connectivity index (χ3n) is 8.23. The maximum absolute atomic E-state index is 14.4. The maximum atomic E-state index is 14.4. The Kier molecular flexibility index (Phi) is 9.45. The Morgan fingerprint density at radius 3 is 2.55 bits per heavy atom.